The maximum atomic E-state index is 11.5. The van der Waals surface area contributed by atoms with Crippen molar-refractivity contribution in [3.05, 3.63) is 32.6 Å². The van der Waals surface area contributed by atoms with E-state index in [1.807, 2.05) is 4.98 Å². The van der Waals surface area contributed by atoms with Crippen molar-refractivity contribution < 1.29 is 4.79 Å². The Balaban J connectivity index is 2.73. The van der Waals surface area contributed by atoms with Crippen molar-refractivity contribution >= 4 is 5.91 Å². The zero-order chi connectivity index (χ0) is 12.3. The summed E-state index contributed by atoms with van der Waals surface area (Å²) in [7, 11) is 0. The van der Waals surface area contributed by atoms with Gasteiger partial charge in [-0.3, -0.25) is 14.6 Å². The Kier molecular flexibility index (Phi) is 3.31. The second-order valence-corrected chi connectivity index (χ2v) is 4.55. The number of hydrogen-bond donors (Lipinski definition) is 3. The number of rotatable bonds is 2. The molecule has 0 aliphatic heterocycles. The van der Waals surface area contributed by atoms with E-state index >= 15 is 0 Å². The highest BCUT2D eigenvalue weighted by atomic mass is 16.2. The Morgan fingerprint density at radius 2 is 1.94 bits per heavy atom. The predicted octanol–water partition coefficient (Wildman–Crippen LogP) is -0.274. The molecule has 0 aliphatic carbocycles. The van der Waals surface area contributed by atoms with Crippen LogP contribution in [0.1, 0.15) is 26.5 Å². The highest BCUT2D eigenvalue weighted by Crippen LogP contribution is 2.12. The van der Waals surface area contributed by atoms with Crippen LogP contribution >= 0.6 is 0 Å². The van der Waals surface area contributed by atoms with Crippen molar-refractivity contribution in [2.75, 3.05) is 0 Å². The molecule has 0 aliphatic rings. The Morgan fingerprint density at radius 1 is 1.31 bits per heavy atom. The molecule has 0 spiro atoms. The van der Waals surface area contributed by atoms with E-state index in [4.69, 9.17) is 0 Å². The van der Waals surface area contributed by atoms with Crippen molar-refractivity contribution in [2.24, 2.45) is 5.41 Å². The van der Waals surface area contributed by atoms with Gasteiger partial charge in [-0.1, -0.05) is 20.8 Å². The quantitative estimate of drug-likeness (QED) is 0.646. The van der Waals surface area contributed by atoms with Gasteiger partial charge in [-0.15, -0.1) is 0 Å². The largest absolute Gasteiger partial charge is 0.350 e. The fourth-order valence-corrected chi connectivity index (χ4v) is 1.06. The molecule has 0 bridgehead atoms. The molecule has 1 heterocycles. The zero-order valence-corrected chi connectivity index (χ0v) is 9.51. The number of carbonyl (C=O) groups excluding carboxylic acids is 1. The molecule has 6 nitrogen and oxygen atoms in total. The zero-order valence-electron chi connectivity index (χ0n) is 9.51. The molecule has 88 valence electrons. The van der Waals surface area contributed by atoms with E-state index in [0.717, 1.165) is 0 Å². The summed E-state index contributed by atoms with van der Waals surface area (Å²) in [5.74, 6) is -0.145. The molecule has 0 atom stereocenters. The van der Waals surface area contributed by atoms with Gasteiger partial charge in [0.1, 0.15) is 0 Å². The third-order valence-corrected chi connectivity index (χ3v) is 1.94. The SMILES string of the molecule is CC(C)(C)C(=O)NCc1cc(=O)[nH]c(=O)[nH]1. The van der Waals surface area contributed by atoms with Crippen LogP contribution in [0.15, 0.2) is 15.7 Å². The summed E-state index contributed by atoms with van der Waals surface area (Å²) in [4.78, 5) is 37.9. The molecule has 1 amide bonds. The van der Waals surface area contributed by atoms with Gasteiger partial charge in [0.05, 0.1) is 6.54 Å². The molecule has 0 saturated heterocycles. The molecular formula is C10H15N3O3. The van der Waals surface area contributed by atoms with E-state index < -0.39 is 16.7 Å². The van der Waals surface area contributed by atoms with Gasteiger partial charge in [-0.05, 0) is 0 Å². The topological polar surface area (TPSA) is 94.8 Å². The van der Waals surface area contributed by atoms with E-state index in [9.17, 15) is 14.4 Å². The number of amides is 1. The van der Waals surface area contributed by atoms with Crippen LogP contribution in [0.25, 0.3) is 0 Å². The average molecular weight is 225 g/mol. The Bertz CT molecular complexity index is 465. The molecule has 0 fully saturated rings. The first-order valence-corrected chi connectivity index (χ1v) is 4.90. The lowest BCUT2D eigenvalue weighted by atomic mass is 9.96. The summed E-state index contributed by atoms with van der Waals surface area (Å²) in [5.41, 5.74) is -1.18. The van der Waals surface area contributed by atoms with Gasteiger partial charge >= 0.3 is 5.69 Å². The first kappa shape index (κ1) is 12.2. The predicted molar refractivity (Wildman–Crippen MR) is 59.0 cm³/mol. The van der Waals surface area contributed by atoms with Gasteiger partial charge in [-0.25, -0.2) is 4.79 Å². The average Bonchev–Trinajstić information content (AvgIpc) is 2.11. The highest BCUT2D eigenvalue weighted by Gasteiger charge is 2.20. The van der Waals surface area contributed by atoms with Crippen molar-refractivity contribution in [1.29, 1.82) is 0 Å². The van der Waals surface area contributed by atoms with E-state index in [0.29, 0.717) is 5.69 Å². The van der Waals surface area contributed by atoms with Crippen LogP contribution in [0.3, 0.4) is 0 Å². The number of aromatic nitrogens is 2. The molecule has 0 aromatic carbocycles. The van der Waals surface area contributed by atoms with Gasteiger partial charge in [-0.2, -0.15) is 0 Å². The van der Waals surface area contributed by atoms with Gasteiger partial charge in [0.25, 0.3) is 5.56 Å². The summed E-state index contributed by atoms with van der Waals surface area (Å²) in [6.07, 6.45) is 0. The summed E-state index contributed by atoms with van der Waals surface area (Å²) in [6, 6.07) is 1.24. The van der Waals surface area contributed by atoms with Crippen LogP contribution in [-0.2, 0) is 11.3 Å². The number of aromatic amines is 2. The van der Waals surface area contributed by atoms with Crippen LogP contribution in [0, 0.1) is 5.41 Å². The third-order valence-electron chi connectivity index (χ3n) is 1.94. The van der Waals surface area contributed by atoms with E-state index in [1.54, 1.807) is 20.8 Å². The summed E-state index contributed by atoms with van der Waals surface area (Å²) < 4.78 is 0. The normalized spacial score (nSPS) is 11.2. The lowest BCUT2D eigenvalue weighted by molar-refractivity contribution is -0.128. The smallest absolute Gasteiger partial charge is 0.325 e. The Labute approximate surface area is 92.1 Å². The van der Waals surface area contributed by atoms with Crippen LogP contribution in [0.4, 0.5) is 0 Å². The molecule has 6 heteroatoms. The fourth-order valence-electron chi connectivity index (χ4n) is 1.06. The van der Waals surface area contributed by atoms with Gasteiger partial charge in [0, 0.05) is 17.2 Å². The maximum absolute atomic E-state index is 11.5. The second kappa shape index (κ2) is 4.34. The van der Waals surface area contributed by atoms with Crippen LogP contribution < -0.4 is 16.6 Å². The minimum absolute atomic E-state index is 0.134. The standard InChI is InChI=1S/C10H15N3O3/c1-10(2,3)8(15)11-5-6-4-7(14)13-9(16)12-6/h4H,5H2,1-3H3,(H,11,15)(H2,12,13,14,16). The fraction of sp³-hybridized carbons (Fsp3) is 0.500. The molecule has 1 rings (SSSR count). The summed E-state index contributed by atoms with van der Waals surface area (Å²) >= 11 is 0. The summed E-state index contributed by atoms with van der Waals surface area (Å²) in [5, 5.41) is 2.63. The lowest BCUT2D eigenvalue weighted by Crippen LogP contribution is -2.35. The Hall–Kier alpha value is -1.85. The lowest BCUT2D eigenvalue weighted by Gasteiger charge is -2.17. The monoisotopic (exact) mass is 225 g/mol. The Morgan fingerprint density at radius 3 is 2.44 bits per heavy atom. The van der Waals surface area contributed by atoms with Gasteiger partial charge < -0.3 is 10.3 Å². The van der Waals surface area contributed by atoms with Crippen LogP contribution in [0.5, 0.6) is 0 Å². The molecule has 0 unspecified atom stereocenters. The third kappa shape index (κ3) is 3.38. The highest BCUT2D eigenvalue weighted by molar-refractivity contribution is 5.81. The molecule has 16 heavy (non-hydrogen) atoms. The minimum Gasteiger partial charge on any atom is -0.350 e. The van der Waals surface area contributed by atoms with E-state index in [2.05, 4.69) is 10.3 Å². The number of nitrogens with one attached hydrogen (secondary N) is 3. The number of H-pyrrole nitrogens is 2. The second-order valence-electron chi connectivity index (χ2n) is 4.55. The van der Waals surface area contributed by atoms with E-state index in [1.165, 1.54) is 6.07 Å². The molecule has 0 radical (unpaired) electrons. The van der Waals surface area contributed by atoms with Crippen molar-refractivity contribution in [3.8, 4) is 0 Å². The number of carbonyl (C=O) groups is 1. The van der Waals surface area contributed by atoms with Crippen LogP contribution in [-0.4, -0.2) is 15.9 Å². The van der Waals surface area contributed by atoms with Gasteiger partial charge in [0.15, 0.2) is 0 Å². The first-order valence-electron chi connectivity index (χ1n) is 4.90. The first-order chi connectivity index (χ1) is 7.29. The van der Waals surface area contributed by atoms with Gasteiger partial charge in [0.2, 0.25) is 5.91 Å². The molecule has 3 N–H and O–H groups in total. The van der Waals surface area contributed by atoms with Crippen LogP contribution in [0.2, 0.25) is 0 Å². The van der Waals surface area contributed by atoms with Crippen molar-refractivity contribution in [2.45, 2.75) is 27.3 Å². The van der Waals surface area contributed by atoms with Crippen molar-refractivity contribution in [3.63, 3.8) is 0 Å². The molecule has 1 aromatic rings. The minimum atomic E-state index is -0.576. The van der Waals surface area contributed by atoms with E-state index in [-0.39, 0.29) is 12.5 Å². The number of hydrogen-bond acceptors (Lipinski definition) is 3. The van der Waals surface area contributed by atoms with Crippen molar-refractivity contribution in [1.82, 2.24) is 15.3 Å². The molecule has 0 saturated carbocycles. The maximum Gasteiger partial charge on any atom is 0.325 e. The molecule has 1 aromatic heterocycles. The molecular weight excluding hydrogens is 210 g/mol. The summed E-state index contributed by atoms with van der Waals surface area (Å²) in [6.45, 7) is 5.48.